The number of methoxy groups -OCH3 is 1. The number of aryl methyl sites for hydroxylation is 1. The van der Waals surface area contributed by atoms with Gasteiger partial charge in [0.05, 0.1) is 38.6 Å². The fraction of sp³-hybridized carbons (Fsp3) is 0.600. The predicted octanol–water partition coefficient (Wildman–Crippen LogP) is 1.31. The lowest BCUT2D eigenvalue weighted by molar-refractivity contribution is -0.249. The number of ether oxygens (including phenoxy) is 3. The van der Waals surface area contributed by atoms with Crippen LogP contribution in [-0.2, 0) is 14.3 Å². The maximum atomic E-state index is 12.4. The first-order valence-corrected chi connectivity index (χ1v) is 7.31. The molecule has 0 spiro atoms. The molecule has 2 aliphatic rings. The molecule has 1 fully saturated rings. The van der Waals surface area contributed by atoms with Crippen LogP contribution in [-0.4, -0.2) is 49.6 Å². The minimum absolute atomic E-state index is 0.0530. The lowest BCUT2D eigenvalue weighted by atomic mass is 10.1. The highest BCUT2D eigenvalue weighted by Crippen LogP contribution is 2.34. The van der Waals surface area contributed by atoms with Gasteiger partial charge in [-0.05, 0) is 26.8 Å². The molecule has 1 N–H and O–H groups in total. The Morgan fingerprint density at radius 2 is 2.09 bits per heavy atom. The number of nitrogens with zero attached hydrogens (tertiary/aromatic N) is 2. The van der Waals surface area contributed by atoms with E-state index >= 15 is 0 Å². The molecule has 1 aromatic rings. The molecule has 1 amide bonds. The topological polar surface area (TPSA) is 72.9 Å². The van der Waals surface area contributed by atoms with Crippen LogP contribution in [0.15, 0.2) is 6.07 Å². The molecular weight excluding hydrogens is 286 g/mol. The Balaban J connectivity index is 1.94. The lowest BCUT2D eigenvalue weighted by Gasteiger charge is -2.41. The summed E-state index contributed by atoms with van der Waals surface area (Å²) in [6.07, 6.45) is 0. The van der Waals surface area contributed by atoms with E-state index in [1.807, 2.05) is 26.8 Å². The Labute approximate surface area is 129 Å². The van der Waals surface area contributed by atoms with E-state index in [9.17, 15) is 4.79 Å². The second kappa shape index (κ2) is 5.40. The zero-order valence-electron chi connectivity index (χ0n) is 13.3. The van der Waals surface area contributed by atoms with Crippen molar-refractivity contribution in [1.82, 2.24) is 4.98 Å². The van der Waals surface area contributed by atoms with Gasteiger partial charge in [0.25, 0.3) is 0 Å². The average Bonchev–Trinajstić information content (AvgIpc) is 2.48. The molecular formula is C15H21N3O4. The molecule has 1 aromatic heterocycles. The third-order valence-electron chi connectivity index (χ3n) is 3.88. The Morgan fingerprint density at radius 3 is 2.73 bits per heavy atom. The van der Waals surface area contributed by atoms with Gasteiger partial charge >= 0.3 is 0 Å². The molecule has 3 rings (SSSR count). The highest BCUT2D eigenvalue weighted by Gasteiger charge is 2.38. The van der Waals surface area contributed by atoms with Crippen LogP contribution in [0.25, 0.3) is 0 Å². The number of fused-ring (bicyclic) bond motifs is 1. The SMILES string of the molecule is COc1nc2c(cc1C)NCC(=O)N2C1COC(C)(C)OC1. The van der Waals surface area contributed by atoms with Crippen molar-refractivity contribution in [1.29, 1.82) is 0 Å². The van der Waals surface area contributed by atoms with Gasteiger partial charge in [-0.2, -0.15) is 4.98 Å². The second-order valence-corrected chi connectivity index (χ2v) is 5.98. The molecule has 120 valence electrons. The fourth-order valence-corrected chi connectivity index (χ4v) is 2.69. The van der Waals surface area contributed by atoms with Crippen molar-refractivity contribution in [2.75, 3.05) is 37.1 Å². The number of nitrogens with one attached hydrogen (secondary N) is 1. The van der Waals surface area contributed by atoms with Gasteiger partial charge in [-0.15, -0.1) is 0 Å². The summed E-state index contributed by atoms with van der Waals surface area (Å²) in [6.45, 7) is 6.71. The molecule has 1 saturated heterocycles. The van der Waals surface area contributed by atoms with Gasteiger partial charge in [0.15, 0.2) is 11.6 Å². The van der Waals surface area contributed by atoms with Crippen LogP contribution in [0.4, 0.5) is 11.5 Å². The maximum Gasteiger partial charge on any atom is 0.247 e. The van der Waals surface area contributed by atoms with Crippen molar-refractivity contribution in [2.24, 2.45) is 0 Å². The lowest BCUT2D eigenvalue weighted by Crippen LogP contribution is -2.55. The highest BCUT2D eigenvalue weighted by molar-refractivity contribution is 6.02. The summed E-state index contributed by atoms with van der Waals surface area (Å²) in [5, 5.41) is 3.10. The molecule has 7 nitrogen and oxygen atoms in total. The minimum atomic E-state index is -0.616. The van der Waals surface area contributed by atoms with Crippen molar-refractivity contribution in [3.63, 3.8) is 0 Å². The van der Waals surface area contributed by atoms with E-state index in [2.05, 4.69) is 10.3 Å². The fourth-order valence-electron chi connectivity index (χ4n) is 2.69. The first-order chi connectivity index (χ1) is 10.4. The Bertz CT molecular complexity index is 593. The minimum Gasteiger partial charge on any atom is -0.481 e. The van der Waals surface area contributed by atoms with Crippen molar-refractivity contribution < 1.29 is 19.0 Å². The van der Waals surface area contributed by atoms with E-state index in [1.165, 1.54) is 0 Å². The van der Waals surface area contributed by atoms with E-state index in [1.54, 1.807) is 12.0 Å². The molecule has 0 unspecified atom stereocenters. The number of anilines is 2. The molecule has 0 aliphatic carbocycles. The number of aromatic nitrogens is 1. The molecule has 3 heterocycles. The molecule has 0 aromatic carbocycles. The number of pyridine rings is 1. The van der Waals surface area contributed by atoms with E-state index < -0.39 is 5.79 Å². The molecule has 0 atom stereocenters. The maximum absolute atomic E-state index is 12.4. The molecule has 7 heteroatoms. The largest absolute Gasteiger partial charge is 0.481 e. The summed E-state index contributed by atoms with van der Waals surface area (Å²) in [5.74, 6) is 0.408. The molecule has 0 saturated carbocycles. The number of carbonyl (C=O) groups is 1. The van der Waals surface area contributed by atoms with Gasteiger partial charge in [-0.25, -0.2) is 0 Å². The third-order valence-corrected chi connectivity index (χ3v) is 3.88. The van der Waals surface area contributed by atoms with Crippen molar-refractivity contribution in [3.05, 3.63) is 11.6 Å². The van der Waals surface area contributed by atoms with Gasteiger partial charge in [-0.1, -0.05) is 0 Å². The van der Waals surface area contributed by atoms with Crippen molar-refractivity contribution in [3.8, 4) is 5.88 Å². The number of rotatable bonds is 2. The van der Waals surface area contributed by atoms with Gasteiger partial charge in [-0.3, -0.25) is 9.69 Å². The van der Waals surface area contributed by atoms with Crippen molar-refractivity contribution in [2.45, 2.75) is 32.6 Å². The summed E-state index contributed by atoms with van der Waals surface area (Å²) in [4.78, 5) is 18.5. The van der Waals surface area contributed by atoms with Crippen LogP contribution in [0.5, 0.6) is 5.88 Å². The van der Waals surface area contributed by atoms with E-state index in [0.717, 1.165) is 11.3 Å². The quantitative estimate of drug-likeness (QED) is 0.888. The van der Waals surface area contributed by atoms with Crippen LogP contribution in [0.2, 0.25) is 0 Å². The van der Waals surface area contributed by atoms with Gasteiger partial charge < -0.3 is 19.5 Å². The van der Waals surface area contributed by atoms with Gasteiger partial charge in [0.1, 0.15) is 0 Å². The normalized spacial score (nSPS) is 21.3. The smallest absolute Gasteiger partial charge is 0.247 e. The van der Waals surface area contributed by atoms with Crippen molar-refractivity contribution >= 4 is 17.4 Å². The summed E-state index contributed by atoms with van der Waals surface area (Å²) in [7, 11) is 1.57. The summed E-state index contributed by atoms with van der Waals surface area (Å²) >= 11 is 0. The predicted molar refractivity (Wildman–Crippen MR) is 81.3 cm³/mol. The van der Waals surface area contributed by atoms with Crippen LogP contribution in [0, 0.1) is 6.92 Å². The van der Waals surface area contributed by atoms with Crippen LogP contribution < -0.4 is 15.0 Å². The highest BCUT2D eigenvalue weighted by atomic mass is 16.7. The molecule has 2 aliphatic heterocycles. The van der Waals surface area contributed by atoms with E-state index in [4.69, 9.17) is 14.2 Å². The van der Waals surface area contributed by atoms with Crippen LogP contribution in [0.1, 0.15) is 19.4 Å². The number of amides is 1. The Hall–Kier alpha value is -1.86. The van der Waals surface area contributed by atoms with E-state index in [0.29, 0.717) is 24.9 Å². The summed E-state index contributed by atoms with van der Waals surface area (Å²) in [6, 6.07) is 1.75. The number of hydrogen-bond donors (Lipinski definition) is 1. The molecule has 0 radical (unpaired) electrons. The molecule has 22 heavy (non-hydrogen) atoms. The van der Waals surface area contributed by atoms with Gasteiger partial charge in [0, 0.05) is 5.56 Å². The van der Waals surface area contributed by atoms with Gasteiger partial charge in [0.2, 0.25) is 11.8 Å². The average molecular weight is 307 g/mol. The Kier molecular flexibility index (Phi) is 3.70. The first-order valence-electron chi connectivity index (χ1n) is 7.31. The second-order valence-electron chi connectivity index (χ2n) is 5.98. The zero-order valence-corrected chi connectivity index (χ0v) is 13.3. The summed E-state index contributed by atoms with van der Waals surface area (Å²) < 4.78 is 16.6. The number of carbonyl (C=O) groups excluding carboxylic acids is 1. The zero-order chi connectivity index (χ0) is 15.9. The molecule has 0 bridgehead atoms. The van der Waals surface area contributed by atoms with Crippen LogP contribution >= 0.6 is 0 Å². The van der Waals surface area contributed by atoms with Crippen LogP contribution in [0.3, 0.4) is 0 Å². The number of hydrogen-bond acceptors (Lipinski definition) is 6. The Morgan fingerprint density at radius 1 is 1.41 bits per heavy atom. The van der Waals surface area contributed by atoms with E-state index in [-0.39, 0.29) is 18.5 Å². The first kappa shape index (κ1) is 15.1. The monoisotopic (exact) mass is 307 g/mol. The third kappa shape index (κ3) is 2.62. The standard InChI is InChI=1S/C15H21N3O4/c1-9-5-11-13(17-14(9)20-4)18(12(19)6-16-11)10-7-21-15(2,3)22-8-10/h5,10,16H,6-8H2,1-4H3. The summed E-state index contributed by atoms with van der Waals surface area (Å²) in [5.41, 5.74) is 1.74.